The number of rotatable bonds is 6. The highest BCUT2D eigenvalue weighted by Crippen LogP contribution is 2.34. The number of aryl methyl sites for hydroxylation is 1. The van der Waals surface area contributed by atoms with Crippen LogP contribution in [0.2, 0.25) is 5.15 Å². The van der Waals surface area contributed by atoms with Crippen molar-refractivity contribution in [3.63, 3.8) is 0 Å². The van der Waals surface area contributed by atoms with E-state index >= 15 is 0 Å². The molecule has 0 saturated heterocycles. The molecule has 146 valence electrons. The maximum atomic E-state index is 12.9. The first-order valence-electron chi connectivity index (χ1n) is 8.27. The summed E-state index contributed by atoms with van der Waals surface area (Å²) in [5, 5.41) is 12.1. The van der Waals surface area contributed by atoms with E-state index in [0.29, 0.717) is 37.7 Å². The zero-order chi connectivity index (χ0) is 20.3. The lowest BCUT2D eigenvalue weighted by Crippen LogP contribution is -2.14. The molecule has 1 N–H and O–H groups in total. The third kappa shape index (κ3) is 4.27. The molecule has 0 aromatic carbocycles. The first-order chi connectivity index (χ1) is 13.4. The average molecular weight is 420 g/mol. The molecular formula is C18H18ClN5O3S. The third-order valence-electron chi connectivity index (χ3n) is 3.99. The highest BCUT2D eigenvalue weighted by molar-refractivity contribution is 7.15. The van der Waals surface area contributed by atoms with Gasteiger partial charge in [-0.15, -0.1) is 10.2 Å². The van der Waals surface area contributed by atoms with Crippen LogP contribution >= 0.6 is 22.9 Å². The second-order valence-corrected chi connectivity index (χ2v) is 7.25. The fourth-order valence-electron chi connectivity index (χ4n) is 2.47. The highest BCUT2D eigenvalue weighted by Gasteiger charge is 2.20. The lowest BCUT2D eigenvalue weighted by molar-refractivity contribution is 0.102. The number of halogens is 1. The number of nitrogens with one attached hydrogen (secondary N) is 1. The van der Waals surface area contributed by atoms with Gasteiger partial charge in [0, 0.05) is 30.1 Å². The fourth-order valence-corrected chi connectivity index (χ4v) is 3.39. The molecule has 0 fully saturated rings. The summed E-state index contributed by atoms with van der Waals surface area (Å²) in [4.78, 5) is 21.2. The summed E-state index contributed by atoms with van der Waals surface area (Å²) in [5.74, 6) is 0.126. The maximum absolute atomic E-state index is 12.9. The van der Waals surface area contributed by atoms with Crippen molar-refractivity contribution in [3.05, 3.63) is 45.9 Å². The van der Waals surface area contributed by atoms with Gasteiger partial charge in [0.1, 0.15) is 22.0 Å². The van der Waals surface area contributed by atoms with Crippen molar-refractivity contribution >= 4 is 34.0 Å². The van der Waals surface area contributed by atoms with Crippen molar-refractivity contribution in [3.8, 4) is 16.9 Å². The molecule has 0 bridgehead atoms. The number of amides is 1. The summed E-state index contributed by atoms with van der Waals surface area (Å²) in [7, 11) is 3.11. The van der Waals surface area contributed by atoms with Gasteiger partial charge in [-0.05, 0) is 26.0 Å². The normalized spacial score (nSPS) is 11.9. The second-order valence-electron chi connectivity index (χ2n) is 5.86. The number of pyridine rings is 2. The van der Waals surface area contributed by atoms with Crippen LogP contribution in [0.4, 0.5) is 5.13 Å². The first kappa shape index (κ1) is 20.1. The zero-order valence-electron chi connectivity index (χ0n) is 15.7. The number of ether oxygens (including phenoxy) is 2. The Morgan fingerprint density at radius 1 is 1.18 bits per heavy atom. The quantitative estimate of drug-likeness (QED) is 0.604. The number of carbonyl (C=O) groups is 1. The summed E-state index contributed by atoms with van der Waals surface area (Å²) >= 11 is 7.31. The van der Waals surface area contributed by atoms with Gasteiger partial charge in [-0.1, -0.05) is 22.9 Å². The molecule has 0 radical (unpaired) electrons. The van der Waals surface area contributed by atoms with Gasteiger partial charge >= 0.3 is 0 Å². The molecule has 0 unspecified atom stereocenters. The molecule has 3 aromatic rings. The highest BCUT2D eigenvalue weighted by atomic mass is 35.5. The van der Waals surface area contributed by atoms with Gasteiger partial charge < -0.3 is 9.47 Å². The molecule has 3 aromatic heterocycles. The van der Waals surface area contributed by atoms with Gasteiger partial charge in [0.2, 0.25) is 5.13 Å². The third-order valence-corrected chi connectivity index (χ3v) is 5.20. The van der Waals surface area contributed by atoms with Crippen LogP contribution in [0.3, 0.4) is 0 Å². The maximum Gasteiger partial charge on any atom is 0.259 e. The minimum Gasteiger partial charge on any atom is -0.494 e. The van der Waals surface area contributed by atoms with Crippen LogP contribution in [-0.4, -0.2) is 40.3 Å². The Bertz CT molecular complexity index is 1010. The molecule has 0 saturated carbocycles. The monoisotopic (exact) mass is 419 g/mol. The molecule has 8 nitrogen and oxygen atoms in total. The van der Waals surface area contributed by atoms with E-state index in [-0.39, 0.29) is 12.0 Å². The van der Waals surface area contributed by atoms with Crippen molar-refractivity contribution in [1.29, 1.82) is 0 Å². The van der Waals surface area contributed by atoms with E-state index in [1.807, 2.05) is 13.8 Å². The van der Waals surface area contributed by atoms with Crippen molar-refractivity contribution in [1.82, 2.24) is 20.2 Å². The molecular weight excluding hydrogens is 402 g/mol. The van der Waals surface area contributed by atoms with Crippen molar-refractivity contribution in [2.45, 2.75) is 20.0 Å². The van der Waals surface area contributed by atoms with Gasteiger partial charge in [0.15, 0.2) is 0 Å². The average Bonchev–Trinajstić information content (AvgIpc) is 3.15. The van der Waals surface area contributed by atoms with E-state index in [9.17, 15) is 4.79 Å². The standard InChI is InChI=1S/C18H18ClN5O3S/c1-9-5-11(12-6-15(19)21-8-14(12)27-4)13(7-20-9)16(25)22-18-24-23-17(28-18)10(2)26-3/h5-8,10H,1-4H3,(H,22,24,25)/t10-/m1/s1. The Labute approximate surface area is 170 Å². The van der Waals surface area contributed by atoms with Crippen molar-refractivity contribution in [2.75, 3.05) is 19.5 Å². The fraction of sp³-hybridized carbons (Fsp3) is 0.278. The number of nitrogens with zero attached hydrogens (tertiary/aromatic N) is 4. The van der Waals surface area contributed by atoms with Gasteiger partial charge in [0.05, 0.1) is 18.9 Å². The summed E-state index contributed by atoms with van der Waals surface area (Å²) in [6, 6.07) is 3.44. The smallest absolute Gasteiger partial charge is 0.259 e. The predicted octanol–water partition coefficient (Wildman–Crippen LogP) is 3.93. The summed E-state index contributed by atoms with van der Waals surface area (Å²) in [6.45, 7) is 3.69. The molecule has 1 atom stereocenters. The molecule has 1 amide bonds. The summed E-state index contributed by atoms with van der Waals surface area (Å²) in [5.41, 5.74) is 2.36. The lowest BCUT2D eigenvalue weighted by atomic mass is 10.0. The zero-order valence-corrected chi connectivity index (χ0v) is 17.3. The molecule has 10 heteroatoms. The summed E-state index contributed by atoms with van der Waals surface area (Å²) < 4.78 is 10.6. The molecule has 3 heterocycles. The van der Waals surface area contributed by atoms with Crippen LogP contribution in [0.1, 0.15) is 34.1 Å². The Balaban J connectivity index is 1.98. The van der Waals surface area contributed by atoms with Crippen molar-refractivity contribution in [2.24, 2.45) is 0 Å². The van der Waals surface area contributed by atoms with Gasteiger partial charge in [-0.3, -0.25) is 15.1 Å². The Morgan fingerprint density at radius 3 is 2.68 bits per heavy atom. The van der Waals surface area contributed by atoms with Gasteiger partial charge in [0.25, 0.3) is 5.91 Å². The van der Waals surface area contributed by atoms with Crippen LogP contribution in [-0.2, 0) is 4.74 Å². The summed E-state index contributed by atoms with van der Waals surface area (Å²) in [6.07, 6.45) is 2.81. The van der Waals surface area contributed by atoms with E-state index in [1.165, 1.54) is 30.8 Å². The number of anilines is 1. The molecule has 0 aliphatic carbocycles. The SMILES string of the molecule is COc1cnc(Cl)cc1-c1cc(C)ncc1C(=O)Nc1nnc([C@@H](C)OC)s1. The predicted molar refractivity (Wildman–Crippen MR) is 107 cm³/mol. The minimum absolute atomic E-state index is 0.206. The topological polar surface area (TPSA) is 99.1 Å². The van der Waals surface area contributed by atoms with E-state index < -0.39 is 0 Å². The van der Waals surface area contributed by atoms with E-state index in [0.717, 1.165) is 5.69 Å². The lowest BCUT2D eigenvalue weighted by Gasteiger charge is -2.13. The van der Waals surface area contributed by atoms with Crippen LogP contribution in [0, 0.1) is 6.92 Å². The Kier molecular flexibility index (Phi) is 6.18. The van der Waals surface area contributed by atoms with E-state index in [2.05, 4.69) is 25.5 Å². The Morgan fingerprint density at radius 2 is 1.96 bits per heavy atom. The number of hydrogen-bond donors (Lipinski definition) is 1. The second kappa shape index (κ2) is 8.59. The molecule has 28 heavy (non-hydrogen) atoms. The minimum atomic E-state index is -0.370. The Hall–Kier alpha value is -2.62. The number of carbonyl (C=O) groups excluding carboxylic acids is 1. The molecule has 3 rings (SSSR count). The van der Waals surface area contributed by atoms with E-state index in [4.69, 9.17) is 21.1 Å². The van der Waals surface area contributed by atoms with Crippen molar-refractivity contribution < 1.29 is 14.3 Å². The van der Waals surface area contributed by atoms with Crippen LogP contribution < -0.4 is 10.1 Å². The van der Waals surface area contributed by atoms with Gasteiger partial charge in [-0.25, -0.2) is 4.98 Å². The van der Waals surface area contributed by atoms with Crippen LogP contribution in [0.25, 0.3) is 11.1 Å². The number of methoxy groups -OCH3 is 2. The number of aromatic nitrogens is 4. The largest absolute Gasteiger partial charge is 0.494 e. The van der Waals surface area contributed by atoms with Gasteiger partial charge in [-0.2, -0.15) is 0 Å². The number of hydrogen-bond acceptors (Lipinski definition) is 8. The first-order valence-corrected chi connectivity index (χ1v) is 9.46. The molecule has 0 spiro atoms. The van der Waals surface area contributed by atoms with E-state index in [1.54, 1.807) is 19.2 Å². The molecule has 0 aliphatic heterocycles. The van der Waals surface area contributed by atoms with Crippen LogP contribution in [0.5, 0.6) is 5.75 Å². The van der Waals surface area contributed by atoms with Crippen LogP contribution in [0.15, 0.2) is 24.5 Å². The molecule has 0 aliphatic rings.